The van der Waals surface area contributed by atoms with Crippen LogP contribution in [0.3, 0.4) is 0 Å². The summed E-state index contributed by atoms with van der Waals surface area (Å²) in [4.78, 5) is 29.9. The molecule has 2 aliphatic heterocycles. The monoisotopic (exact) mass is 710 g/mol. The Morgan fingerprint density at radius 2 is 0.882 bits per heavy atom. The van der Waals surface area contributed by atoms with Crippen molar-refractivity contribution >= 4 is 0 Å². The van der Waals surface area contributed by atoms with E-state index in [-0.39, 0.29) is 22.2 Å². The van der Waals surface area contributed by atoms with Gasteiger partial charge < -0.3 is 0 Å². The van der Waals surface area contributed by atoms with E-state index in [4.69, 9.17) is 24.6 Å². The molecule has 2 unspecified atom stereocenters. The lowest BCUT2D eigenvalue weighted by Crippen LogP contribution is -2.62. The van der Waals surface area contributed by atoms with Gasteiger partial charge in [-0.05, 0) is 138 Å². The van der Waals surface area contributed by atoms with E-state index in [1.165, 1.54) is 89.9 Å². The third-order valence-corrected chi connectivity index (χ3v) is 13.2. The highest BCUT2D eigenvalue weighted by Crippen LogP contribution is 2.50. The maximum atomic E-state index is 6.92. The van der Waals surface area contributed by atoms with E-state index in [0.29, 0.717) is 35.9 Å². The van der Waals surface area contributed by atoms with Crippen molar-refractivity contribution in [2.45, 2.75) is 251 Å². The summed E-state index contributed by atoms with van der Waals surface area (Å²) >= 11 is 0. The Morgan fingerprint density at radius 3 is 1.20 bits per heavy atom. The van der Waals surface area contributed by atoms with Gasteiger partial charge in [0.1, 0.15) is 17.5 Å². The minimum atomic E-state index is -0.0618. The summed E-state index contributed by atoms with van der Waals surface area (Å²) in [6, 6.07) is 0. The van der Waals surface area contributed by atoms with Gasteiger partial charge in [-0.2, -0.15) is 10.1 Å². The number of piperidine rings is 2. The van der Waals surface area contributed by atoms with Gasteiger partial charge in [0, 0.05) is 34.0 Å². The average molecular weight is 710 g/mol. The van der Waals surface area contributed by atoms with Crippen molar-refractivity contribution in [2.75, 3.05) is 0 Å². The van der Waals surface area contributed by atoms with Crippen LogP contribution in [-0.4, -0.2) is 59.4 Å². The van der Waals surface area contributed by atoms with E-state index < -0.39 is 0 Å². The number of aryl methyl sites for hydroxylation is 1. The first-order valence-corrected chi connectivity index (χ1v) is 21.7. The molecule has 3 heterocycles. The molecule has 7 heteroatoms. The Bertz CT molecular complexity index is 1110. The first kappa shape index (κ1) is 41.0. The molecule has 0 N–H and O–H groups in total. The Balaban J connectivity index is 1.42. The highest BCUT2D eigenvalue weighted by Gasteiger charge is 2.51. The molecule has 7 nitrogen and oxygen atoms in total. The minimum absolute atomic E-state index is 0.0618. The first-order valence-electron chi connectivity index (χ1n) is 21.7. The maximum absolute atomic E-state index is 6.92. The van der Waals surface area contributed by atoms with E-state index in [1.54, 1.807) is 0 Å². The van der Waals surface area contributed by atoms with Crippen molar-refractivity contribution in [1.82, 2.24) is 25.1 Å². The van der Waals surface area contributed by atoms with E-state index >= 15 is 0 Å². The van der Waals surface area contributed by atoms with Gasteiger partial charge in [0.15, 0.2) is 0 Å². The van der Waals surface area contributed by atoms with Crippen LogP contribution in [0.2, 0.25) is 0 Å². The van der Waals surface area contributed by atoms with Gasteiger partial charge in [-0.3, -0.25) is 9.68 Å². The molecular weight excluding hydrogens is 631 g/mol. The van der Waals surface area contributed by atoms with Crippen LogP contribution >= 0.6 is 0 Å². The van der Waals surface area contributed by atoms with Gasteiger partial charge in [0.05, 0.1) is 12.2 Å². The molecular formula is C44H79N5O2. The van der Waals surface area contributed by atoms with Crippen molar-refractivity contribution in [2.24, 2.45) is 11.8 Å². The van der Waals surface area contributed by atoms with Gasteiger partial charge in [0.2, 0.25) is 0 Å². The van der Waals surface area contributed by atoms with Crippen LogP contribution in [-0.2, 0) is 9.68 Å². The van der Waals surface area contributed by atoms with E-state index in [1.807, 2.05) is 0 Å². The van der Waals surface area contributed by atoms with Crippen molar-refractivity contribution in [3.63, 3.8) is 0 Å². The molecule has 2 saturated heterocycles. The Labute approximate surface area is 314 Å². The summed E-state index contributed by atoms with van der Waals surface area (Å²) < 4.78 is 0. The average Bonchev–Trinajstić information content (AvgIpc) is 3.05. The number of rotatable bonds is 14. The molecule has 2 saturated carbocycles. The van der Waals surface area contributed by atoms with Crippen LogP contribution in [0, 0.1) is 18.8 Å². The molecule has 1 aromatic rings. The number of unbranched alkanes of at least 4 members (excludes halogenated alkanes) is 2. The molecule has 1 aromatic heterocycles. The van der Waals surface area contributed by atoms with Crippen LogP contribution < -0.4 is 0 Å². The Kier molecular flexibility index (Phi) is 13.8. The predicted molar refractivity (Wildman–Crippen MR) is 210 cm³/mol. The molecule has 0 radical (unpaired) electrons. The van der Waals surface area contributed by atoms with Crippen molar-refractivity contribution in [3.05, 3.63) is 17.5 Å². The normalized spacial score (nSPS) is 26.6. The number of aromatic nitrogens is 3. The lowest BCUT2D eigenvalue weighted by atomic mass is 9.68. The van der Waals surface area contributed by atoms with Crippen LogP contribution in [0.25, 0.3) is 0 Å². The highest BCUT2D eigenvalue weighted by molar-refractivity contribution is 5.13. The first-order chi connectivity index (χ1) is 24.1. The smallest absolute Gasteiger partial charge is 0.135 e. The largest absolute Gasteiger partial charge is 0.295 e. The molecule has 5 rings (SSSR count). The molecule has 0 bridgehead atoms. The zero-order valence-electron chi connectivity index (χ0n) is 35.2. The van der Waals surface area contributed by atoms with Crippen LogP contribution in [0.15, 0.2) is 0 Å². The molecule has 51 heavy (non-hydrogen) atoms. The van der Waals surface area contributed by atoms with Crippen LogP contribution in [0.1, 0.15) is 227 Å². The van der Waals surface area contributed by atoms with E-state index in [2.05, 4.69) is 86.3 Å². The number of hydrogen-bond acceptors (Lipinski definition) is 7. The molecule has 4 aliphatic rings. The molecule has 0 spiro atoms. The van der Waals surface area contributed by atoms with Gasteiger partial charge in [0.25, 0.3) is 0 Å². The summed E-state index contributed by atoms with van der Waals surface area (Å²) in [6.07, 6.45) is 24.8. The zero-order valence-corrected chi connectivity index (χ0v) is 35.2. The molecule has 0 aromatic carbocycles. The number of hydrogen-bond donors (Lipinski definition) is 0. The van der Waals surface area contributed by atoms with Gasteiger partial charge >= 0.3 is 0 Å². The van der Waals surface area contributed by atoms with Gasteiger partial charge in [-0.15, -0.1) is 0 Å². The molecule has 2 atom stereocenters. The number of nitrogens with zero attached hydrogens (tertiary/aromatic N) is 5. The van der Waals surface area contributed by atoms with E-state index in [0.717, 1.165) is 56.0 Å². The van der Waals surface area contributed by atoms with Crippen LogP contribution in [0.5, 0.6) is 0 Å². The topological polar surface area (TPSA) is 63.6 Å². The maximum Gasteiger partial charge on any atom is 0.135 e. The summed E-state index contributed by atoms with van der Waals surface area (Å²) in [6.45, 7) is 26.1. The van der Waals surface area contributed by atoms with Gasteiger partial charge in [-0.25, -0.2) is 15.0 Å². The zero-order chi connectivity index (χ0) is 37.0. The second kappa shape index (κ2) is 17.1. The Hall–Kier alpha value is -1.15. The fourth-order valence-corrected chi connectivity index (χ4v) is 11.3. The van der Waals surface area contributed by atoms with Crippen LogP contribution in [0.4, 0.5) is 0 Å². The fourth-order valence-electron chi connectivity index (χ4n) is 11.3. The Morgan fingerprint density at radius 1 is 0.549 bits per heavy atom. The lowest BCUT2D eigenvalue weighted by Gasteiger charge is -2.56. The standard InChI is InChI=1S/C44H79N5O2/c1-12-14-26-37(33-28-41(4,5)48(42(6,7)29-33)50-35-22-18-16-19-23-35)39-45-32(3)46-40(47-39)38(27-15-13-2)34-30-43(8,9)49(44(10,11)31-34)51-36-24-20-17-21-25-36/h33-38H,12-31H2,1-11H3. The fraction of sp³-hybridized carbons (Fsp3) is 0.932. The second-order valence-electron chi connectivity index (χ2n) is 20.0. The third-order valence-electron chi connectivity index (χ3n) is 13.2. The van der Waals surface area contributed by atoms with Crippen molar-refractivity contribution in [1.29, 1.82) is 0 Å². The molecule has 4 fully saturated rings. The third kappa shape index (κ3) is 10.1. The quantitative estimate of drug-likeness (QED) is 0.190. The highest BCUT2D eigenvalue weighted by atomic mass is 16.7. The van der Waals surface area contributed by atoms with E-state index in [9.17, 15) is 0 Å². The second-order valence-corrected chi connectivity index (χ2v) is 20.0. The summed E-state index contributed by atoms with van der Waals surface area (Å²) in [5, 5.41) is 4.84. The number of hydroxylamine groups is 4. The van der Waals surface area contributed by atoms with Crippen molar-refractivity contribution < 1.29 is 9.68 Å². The lowest BCUT2D eigenvalue weighted by molar-refractivity contribution is -0.315. The SMILES string of the molecule is CCCCC(c1nc(C)nc(C(CCCC)C2CC(C)(C)N(OC3CCCCC3)C(C)(C)C2)n1)C1CC(C)(C)N(OC2CCCCC2)C(C)(C)C1. The van der Waals surface area contributed by atoms with Crippen molar-refractivity contribution in [3.8, 4) is 0 Å². The molecule has 292 valence electrons. The summed E-state index contributed by atoms with van der Waals surface area (Å²) in [5.41, 5.74) is -0.247. The molecule has 0 amide bonds. The molecule has 2 aliphatic carbocycles. The summed E-state index contributed by atoms with van der Waals surface area (Å²) in [5.74, 6) is 4.65. The minimum Gasteiger partial charge on any atom is -0.295 e. The predicted octanol–water partition coefficient (Wildman–Crippen LogP) is 11.8. The van der Waals surface area contributed by atoms with Gasteiger partial charge in [-0.1, -0.05) is 78.1 Å². The summed E-state index contributed by atoms with van der Waals surface area (Å²) in [7, 11) is 0.